The lowest BCUT2D eigenvalue weighted by molar-refractivity contribution is 0.131. The number of ether oxygens (including phenoxy) is 1. The minimum absolute atomic E-state index is 0.00590. The van der Waals surface area contributed by atoms with Crippen molar-refractivity contribution >= 4 is 10.0 Å². The second-order valence-corrected chi connectivity index (χ2v) is 7.10. The van der Waals surface area contributed by atoms with Crippen molar-refractivity contribution in [3.63, 3.8) is 0 Å². The summed E-state index contributed by atoms with van der Waals surface area (Å²) in [6.07, 6.45) is -0.680. The number of phenolic OH excluding ortho intramolecular Hbond substituents is 1. The summed E-state index contributed by atoms with van der Waals surface area (Å²) >= 11 is 0. The average Bonchev–Trinajstić information content (AvgIpc) is 2.54. The smallest absolute Gasteiger partial charge is 0.241 e. The number of fused-ring (bicyclic) bond motifs is 1. The molecule has 122 valence electrons. The van der Waals surface area contributed by atoms with Crippen LogP contribution in [0.3, 0.4) is 0 Å². The van der Waals surface area contributed by atoms with Crippen LogP contribution < -0.4 is 9.46 Å². The highest BCUT2D eigenvalue weighted by Crippen LogP contribution is 2.33. The molecule has 0 bridgehead atoms. The van der Waals surface area contributed by atoms with E-state index < -0.39 is 22.2 Å². The average molecular weight is 335 g/mol. The van der Waals surface area contributed by atoms with Gasteiger partial charge >= 0.3 is 0 Å². The Bertz CT molecular complexity index is 834. The van der Waals surface area contributed by atoms with Crippen molar-refractivity contribution < 1.29 is 23.4 Å². The van der Waals surface area contributed by atoms with E-state index in [9.17, 15) is 18.6 Å². The minimum atomic E-state index is -3.66. The van der Waals surface area contributed by atoms with Crippen molar-refractivity contribution in [3.05, 3.63) is 53.6 Å². The lowest BCUT2D eigenvalue weighted by Crippen LogP contribution is -2.45. The fourth-order valence-corrected chi connectivity index (χ4v) is 4.26. The largest absolute Gasteiger partial charge is 0.504 e. The van der Waals surface area contributed by atoms with E-state index in [0.717, 1.165) is 5.56 Å². The van der Waals surface area contributed by atoms with Gasteiger partial charge in [0.15, 0.2) is 11.5 Å². The molecule has 1 aliphatic rings. The minimum Gasteiger partial charge on any atom is -0.504 e. The van der Waals surface area contributed by atoms with Gasteiger partial charge in [0.2, 0.25) is 10.0 Å². The lowest BCUT2D eigenvalue weighted by atomic mass is 9.96. The molecular weight excluding hydrogens is 318 g/mol. The van der Waals surface area contributed by atoms with Gasteiger partial charge in [-0.3, -0.25) is 0 Å². The van der Waals surface area contributed by atoms with Crippen molar-refractivity contribution in [2.75, 3.05) is 7.11 Å². The van der Waals surface area contributed by atoms with Crippen LogP contribution in [0.25, 0.3) is 0 Å². The standard InChI is InChI=1S/C16H17NO5S/c1-22-14-9-10(6-7-13(14)18)8-12-16(19)11-4-2-3-5-15(11)23(20,21)17-12/h2-7,9,12,16-19H,8H2,1H3/t12-,16-/m1/s1. The summed E-state index contributed by atoms with van der Waals surface area (Å²) in [6.45, 7) is 0. The molecule has 7 heteroatoms. The van der Waals surface area contributed by atoms with Gasteiger partial charge in [0, 0.05) is 5.56 Å². The number of sulfonamides is 1. The first-order chi connectivity index (χ1) is 10.9. The van der Waals surface area contributed by atoms with Gasteiger partial charge in [-0.25, -0.2) is 13.1 Å². The summed E-state index contributed by atoms with van der Waals surface area (Å²) < 4.78 is 32.2. The van der Waals surface area contributed by atoms with E-state index in [4.69, 9.17) is 4.74 Å². The molecule has 0 aromatic heterocycles. The molecule has 2 atom stereocenters. The van der Waals surface area contributed by atoms with Crippen LogP contribution in [0.15, 0.2) is 47.4 Å². The van der Waals surface area contributed by atoms with Crippen molar-refractivity contribution in [1.29, 1.82) is 0 Å². The van der Waals surface area contributed by atoms with Crippen LogP contribution in [0.4, 0.5) is 0 Å². The molecule has 3 rings (SSSR count). The van der Waals surface area contributed by atoms with E-state index in [1.807, 2.05) is 0 Å². The highest BCUT2D eigenvalue weighted by molar-refractivity contribution is 7.89. The monoisotopic (exact) mass is 335 g/mol. The number of aliphatic hydroxyl groups excluding tert-OH is 1. The molecule has 1 heterocycles. The lowest BCUT2D eigenvalue weighted by Gasteiger charge is -2.30. The molecule has 0 saturated carbocycles. The van der Waals surface area contributed by atoms with Crippen LogP contribution in [-0.4, -0.2) is 31.8 Å². The molecule has 0 amide bonds. The fourth-order valence-electron chi connectivity index (χ4n) is 2.77. The number of benzene rings is 2. The van der Waals surface area contributed by atoms with Crippen LogP contribution in [0, 0.1) is 0 Å². The van der Waals surface area contributed by atoms with Gasteiger partial charge in [0.25, 0.3) is 0 Å². The number of rotatable bonds is 3. The summed E-state index contributed by atoms with van der Waals surface area (Å²) in [4.78, 5) is 0.104. The normalized spacial score (nSPS) is 22.3. The zero-order valence-corrected chi connectivity index (χ0v) is 13.2. The molecule has 0 unspecified atom stereocenters. The highest BCUT2D eigenvalue weighted by Gasteiger charge is 2.36. The van der Waals surface area contributed by atoms with Crippen LogP contribution in [0.5, 0.6) is 11.5 Å². The number of aliphatic hydroxyl groups is 1. The third-order valence-electron chi connectivity index (χ3n) is 3.91. The van der Waals surface area contributed by atoms with Gasteiger partial charge in [0.05, 0.1) is 24.2 Å². The summed E-state index contributed by atoms with van der Waals surface area (Å²) in [5.74, 6) is 0.308. The van der Waals surface area contributed by atoms with E-state index in [1.54, 1.807) is 30.3 Å². The zero-order chi connectivity index (χ0) is 16.6. The fraction of sp³-hybridized carbons (Fsp3) is 0.250. The number of hydrogen-bond acceptors (Lipinski definition) is 5. The first-order valence-corrected chi connectivity index (χ1v) is 8.56. The van der Waals surface area contributed by atoms with E-state index in [1.165, 1.54) is 19.2 Å². The summed E-state index contributed by atoms with van der Waals surface area (Å²) in [7, 11) is -2.22. The summed E-state index contributed by atoms with van der Waals surface area (Å²) in [5, 5.41) is 20.1. The molecule has 2 aromatic carbocycles. The maximum Gasteiger partial charge on any atom is 0.241 e. The van der Waals surface area contributed by atoms with E-state index in [2.05, 4.69) is 4.72 Å². The maximum atomic E-state index is 12.3. The third kappa shape index (κ3) is 2.90. The van der Waals surface area contributed by atoms with E-state index in [-0.39, 0.29) is 17.1 Å². The van der Waals surface area contributed by atoms with Crippen LogP contribution in [-0.2, 0) is 16.4 Å². The molecule has 6 nitrogen and oxygen atoms in total. The van der Waals surface area contributed by atoms with Gasteiger partial charge in [-0.2, -0.15) is 0 Å². The Kier molecular flexibility index (Phi) is 4.01. The quantitative estimate of drug-likeness (QED) is 0.787. The van der Waals surface area contributed by atoms with Gasteiger partial charge in [-0.15, -0.1) is 0 Å². The Hall–Kier alpha value is -2.09. The third-order valence-corrected chi connectivity index (χ3v) is 5.48. The molecule has 0 spiro atoms. The molecular formula is C16H17NO5S. The summed E-state index contributed by atoms with van der Waals surface area (Å²) in [6, 6.07) is 10.5. The maximum absolute atomic E-state index is 12.3. The first kappa shape index (κ1) is 15.8. The molecule has 0 fully saturated rings. The Morgan fingerprint density at radius 1 is 1.22 bits per heavy atom. The second-order valence-electron chi connectivity index (χ2n) is 5.42. The number of phenols is 1. The zero-order valence-electron chi connectivity index (χ0n) is 12.4. The van der Waals surface area contributed by atoms with Gasteiger partial charge in [0.1, 0.15) is 0 Å². The van der Waals surface area contributed by atoms with Crippen molar-refractivity contribution in [2.24, 2.45) is 0 Å². The molecule has 0 aliphatic carbocycles. The number of hydrogen-bond donors (Lipinski definition) is 3. The van der Waals surface area contributed by atoms with E-state index in [0.29, 0.717) is 11.3 Å². The van der Waals surface area contributed by atoms with Gasteiger partial charge < -0.3 is 14.9 Å². The molecule has 1 aliphatic heterocycles. The molecule has 0 radical (unpaired) electrons. The van der Waals surface area contributed by atoms with Crippen molar-refractivity contribution in [3.8, 4) is 11.5 Å². The topological polar surface area (TPSA) is 95.9 Å². The summed E-state index contributed by atoms with van der Waals surface area (Å²) in [5.41, 5.74) is 1.13. The Morgan fingerprint density at radius 2 is 1.96 bits per heavy atom. The number of methoxy groups -OCH3 is 1. The van der Waals surface area contributed by atoms with Crippen LogP contribution in [0.2, 0.25) is 0 Å². The Labute approximate surface area is 134 Å². The van der Waals surface area contributed by atoms with Gasteiger partial charge in [-0.1, -0.05) is 24.3 Å². The van der Waals surface area contributed by atoms with Crippen LogP contribution >= 0.6 is 0 Å². The molecule has 3 N–H and O–H groups in total. The first-order valence-electron chi connectivity index (χ1n) is 7.07. The van der Waals surface area contributed by atoms with Crippen LogP contribution in [0.1, 0.15) is 17.2 Å². The predicted molar refractivity (Wildman–Crippen MR) is 83.9 cm³/mol. The molecule has 0 saturated heterocycles. The highest BCUT2D eigenvalue weighted by atomic mass is 32.2. The molecule has 23 heavy (non-hydrogen) atoms. The van der Waals surface area contributed by atoms with Gasteiger partial charge in [-0.05, 0) is 30.2 Å². The number of aromatic hydroxyl groups is 1. The van der Waals surface area contributed by atoms with E-state index >= 15 is 0 Å². The Balaban J connectivity index is 1.93. The predicted octanol–water partition coefficient (Wildman–Crippen LogP) is 1.34. The Morgan fingerprint density at radius 3 is 2.70 bits per heavy atom. The molecule has 2 aromatic rings. The van der Waals surface area contributed by atoms with Crippen molar-refractivity contribution in [1.82, 2.24) is 4.72 Å². The number of nitrogens with one attached hydrogen (secondary N) is 1. The SMILES string of the molecule is COc1cc(C[C@H]2NS(=O)(=O)c3ccccc3[C@H]2O)ccc1O. The second kappa shape index (κ2) is 5.84. The van der Waals surface area contributed by atoms with Crippen molar-refractivity contribution in [2.45, 2.75) is 23.5 Å².